The lowest BCUT2D eigenvalue weighted by atomic mass is 10.2. The lowest BCUT2D eigenvalue weighted by Gasteiger charge is -2.23. The molecule has 0 N–H and O–H groups in total. The number of hydrogen-bond acceptors (Lipinski definition) is 8. The molecule has 0 saturated carbocycles. The summed E-state index contributed by atoms with van der Waals surface area (Å²) in [4.78, 5) is 29.4. The first kappa shape index (κ1) is 23.7. The first-order chi connectivity index (χ1) is 15.8. The summed E-state index contributed by atoms with van der Waals surface area (Å²) in [6, 6.07) is 11.6. The smallest absolute Gasteiger partial charge is 0.272 e. The van der Waals surface area contributed by atoms with Gasteiger partial charge in [0.25, 0.3) is 11.6 Å². The van der Waals surface area contributed by atoms with Crippen LogP contribution in [0.2, 0.25) is 0 Å². The van der Waals surface area contributed by atoms with Crippen molar-refractivity contribution in [3.05, 3.63) is 64.0 Å². The number of carbonyl (C=O) groups excluding carboxylic acids is 1. The lowest BCUT2D eigenvalue weighted by Crippen LogP contribution is -2.37. The minimum Gasteiger partial charge on any atom is -0.497 e. The largest absolute Gasteiger partial charge is 0.497 e. The zero-order chi connectivity index (χ0) is 24.0. The normalized spacial score (nSPS) is 10.8. The van der Waals surface area contributed by atoms with E-state index in [2.05, 4.69) is 10.1 Å². The molecule has 0 aliphatic carbocycles. The van der Waals surface area contributed by atoms with Gasteiger partial charge >= 0.3 is 0 Å². The van der Waals surface area contributed by atoms with Crippen LogP contribution in [-0.2, 0) is 11.3 Å². The highest BCUT2D eigenvalue weighted by molar-refractivity contribution is 5.77. The molecule has 0 atom stereocenters. The van der Waals surface area contributed by atoms with Crippen molar-refractivity contribution in [2.75, 3.05) is 20.3 Å². The number of aryl methyl sites for hydroxylation is 1. The molecule has 1 aromatic heterocycles. The zero-order valence-electron chi connectivity index (χ0n) is 19.0. The van der Waals surface area contributed by atoms with Gasteiger partial charge in [-0.05, 0) is 49.2 Å². The number of nitrogens with zero attached hydrogens (tertiary/aromatic N) is 4. The summed E-state index contributed by atoms with van der Waals surface area (Å²) >= 11 is 0. The summed E-state index contributed by atoms with van der Waals surface area (Å²) in [5.41, 5.74) is 1.23. The highest BCUT2D eigenvalue weighted by atomic mass is 16.6. The van der Waals surface area contributed by atoms with Gasteiger partial charge in [0.1, 0.15) is 18.0 Å². The van der Waals surface area contributed by atoms with E-state index in [0.717, 1.165) is 11.3 Å². The Labute approximate surface area is 191 Å². The van der Waals surface area contributed by atoms with Crippen molar-refractivity contribution in [1.82, 2.24) is 15.0 Å². The number of hydrogen-bond donors (Lipinski definition) is 0. The molecule has 0 saturated heterocycles. The molecule has 0 aliphatic rings. The molecule has 0 fully saturated rings. The predicted molar refractivity (Wildman–Crippen MR) is 120 cm³/mol. The standard InChI is InChI=1S/C23H26N4O6/c1-15(2)12-26(22(28)14-32-19-9-10-20(27(29)30)16(3)11-19)13-21-24-23(25-33-21)17-5-7-18(31-4)8-6-17/h5-11,15H,12-14H2,1-4H3. The van der Waals surface area contributed by atoms with Crippen LogP contribution in [0.1, 0.15) is 25.3 Å². The molecule has 174 valence electrons. The maximum absolute atomic E-state index is 12.9. The van der Waals surface area contributed by atoms with Crippen LogP contribution in [0.25, 0.3) is 11.4 Å². The van der Waals surface area contributed by atoms with Gasteiger partial charge in [0.05, 0.1) is 12.0 Å². The van der Waals surface area contributed by atoms with Crippen LogP contribution in [0.4, 0.5) is 5.69 Å². The van der Waals surface area contributed by atoms with Gasteiger partial charge in [-0.3, -0.25) is 14.9 Å². The third-order valence-electron chi connectivity index (χ3n) is 4.81. The Bertz CT molecular complexity index is 1110. The van der Waals surface area contributed by atoms with Crippen molar-refractivity contribution in [3.63, 3.8) is 0 Å². The summed E-state index contributed by atoms with van der Waals surface area (Å²) < 4.78 is 16.1. The van der Waals surface area contributed by atoms with Crippen molar-refractivity contribution in [2.45, 2.75) is 27.3 Å². The molecular formula is C23H26N4O6. The van der Waals surface area contributed by atoms with Gasteiger partial charge in [-0.2, -0.15) is 4.98 Å². The topological polar surface area (TPSA) is 121 Å². The number of nitro benzene ring substituents is 1. The molecule has 0 unspecified atom stereocenters. The van der Waals surface area contributed by atoms with E-state index >= 15 is 0 Å². The first-order valence-corrected chi connectivity index (χ1v) is 10.4. The summed E-state index contributed by atoms with van der Waals surface area (Å²) in [5.74, 6) is 1.78. The number of nitro groups is 1. The van der Waals surface area contributed by atoms with Crippen LogP contribution in [-0.4, -0.2) is 46.1 Å². The van der Waals surface area contributed by atoms with Crippen LogP contribution in [0.5, 0.6) is 11.5 Å². The maximum atomic E-state index is 12.9. The van der Waals surface area contributed by atoms with E-state index in [1.54, 1.807) is 31.1 Å². The van der Waals surface area contributed by atoms with E-state index in [0.29, 0.717) is 29.6 Å². The first-order valence-electron chi connectivity index (χ1n) is 10.4. The molecule has 10 heteroatoms. The molecule has 0 bridgehead atoms. The molecule has 3 aromatic rings. The molecule has 1 amide bonds. The number of carbonyl (C=O) groups is 1. The fourth-order valence-electron chi connectivity index (χ4n) is 3.19. The number of aromatic nitrogens is 2. The van der Waals surface area contributed by atoms with Gasteiger partial charge in [-0.1, -0.05) is 19.0 Å². The third-order valence-corrected chi connectivity index (χ3v) is 4.81. The Hall–Kier alpha value is -3.95. The van der Waals surface area contributed by atoms with E-state index in [-0.39, 0.29) is 30.7 Å². The van der Waals surface area contributed by atoms with Crippen LogP contribution in [0.3, 0.4) is 0 Å². The number of amides is 1. The molecule has 3 rings (SSSR count). The van der Waals surface area contributed by atoms with E-state index < -0.39 is 4.92 Å². The summed E-state index contributed by atoms with van der Waals surface area (Å²) in [5, 5.41) is 15.0. The molecular weight excluding hydrogens is 428 g/mol. The minimum absolute atomic E-state index is 0.000770. The van der Waals surface area contributed by atoms with Gasteiger partial charge < -0.3 is 18.9 Å². The van der Waals surface area contributed by atoms with Gasteiger partial charge in [0, 0.05) is 23.7 Å². The van der Waals surface area contributed by atoms with Gasteiger partial charge in [-0.25, -0.2) is 0 Å². The molecule has 10 nitrogen and oxygen atoms in total. The molecule has 0 spiro atoms. The monoisotopic (exact) mass is 454 g/mol. The Balaban J connectivity index is 1.66. The molecule has 1 heterocycles. The van der Waals surface area contributed by atoms with Gasteiger partial charge in [-0.15, -0.1) is 0 Å². The summed E-state index contributed by atoms with van der Waals surface area (Å²) in [6.07, 6.45) is 0. The summed E-state index contributed by atoms with van der Waals surface area (Å²) in [7, 11) is 1.59. The summed E-state index contributed by atoms with van der Waals surface area (Å²) in [6.45, 7) is 6.01. The van der Waals surface area contributed by atoms with Crippen molar-refractivity contribution < 1.29 is 23.7 Å². The average Bonchev–Trinajstić information content (AvgIpc) is 3.25. The fraction of sp³-hybridized carbons (Fsp3) is 0.348. The Morgan fingerprint density at radius 3 is 2.48 bits per heavy atom. The molecule has 2 aromatic carbocycles. The highest BCUT2D eigenvalue weighted by Crippen LogP contribution is 2.23. The number of ether oxygens (including phenoxy) is 2. The number of benzene rings is 2. The van der Waals surface area contributed by atoms with Crippen LogP contribution >= 0.6 is 0 Å². The Kier molecular flexibility index (Phi) is 7.60. The number of methoxy groups -OCH3 is 1. The predicted octanol–water partition coefficient (Wildman–Crippen LogP) is 4.03. The van der Waals surface area contributed by atoms with Crippen LogP contribution in [0, 0.1) is 23.0 Å². The Morgan fingerprint density at radius 1 is 1.18 bits per heavy atom. The van der Waals surface area contributed by atoms with Crippen molar-refractivity contribution >= 4 is 11.6 Å². The van der Waals surface area contributed by atoms with E-state index in [9.17, 15) is 14.9 Å². The van der Waals surface area contributed by atoms with Crippen LogP contribution < -0.4 is 9.47 Å². The Morgan fingerprint density at radius 2 is 1.88 bits per heavy atom. The SMILES string of the molecule is COc1ccc(-c2noc(CN(CC(C)C)C(=O)COc3ccc([N+](=O)[O-])c(C)c3)n2)cc1. The minimum atomic E-state index is -0.459. The van der Waals surface area contributed by atoms with Crippen molar-refractivity contribution in [1.29, 1.82) is 0 Å². The van der Waals surface area contributed by atoms with Crippen molar-refractivity contribution in [3.8, 4) is 22.9 Å². The molecule has 0 radical (unpaired) electrons. The van der Waals surface area contributed by atoms with Gasteiger partial charge in [0.2, 0.25) is 11.7 Å². The second kappa shape index (κ2) is 10.6. The maximum Gasteiger partial charge on any atom is 0.272 e. The zero-order valence-corrected chi connectivity index (χ0v) is 19.0. The quantitative estimate of drug-likeness (QED) is 0.333. The second-order valence-corrected chi connectivity index (χ2v) is 7.90. The number of rotatable bonds is 10. The molecule has 33 heavy (non-hydrogen) atoms. The fourth-order valence-corrected chi connectivity index (χ4v) is 3.19. The van der Waals surface area contributed by atoms with E-state index in [1.165, 1.54) is 18.2 Å². The van der Waals surface area contributed by atoms with Crippen LogP contribution in [0.15, 0.2) is 47.0 Å². The highest BCUT2D eigenvalue weighted by Gasteiger charge is 2.20. The second-order valence-electron chi connectivity index (χ2n) is 7.90. The van der Waals surface area contributed by atoms with Gasteiger partial charge in [0.15, 0.2) is 6.61 Å². The third kappa shape index (κ3) is 6.28. The van der Waals surface area contributed by atoms with Crippen molar-refractivity contribution in [2.24, 2.45) is 5.92 Å². The van der Waals surface area contributed by atoms with E-state index in [4.69, 9.17) is 14.0 Å². The molecule has 0 aliphatic heterocycles. The lowest BCUT2D eigenvalue weighted by molar-refractivity contribution is -0.385. The average molecular weight is 454 g/mol. The van der Waals surface area contributed by atoms with E-state index in [1.807, 2.05) is 26.0 Å².